The topological polar surface area (TPSA) is 68.5 Å². The Morgan fingerprint density at radius 1 is 1.03 bits per heavy atom. The normalized spacial score (nSPS) is 10.9. The molecule has 1 amide bonds. The molecule has 1 aromatic heterocycles. The molecule has 0 radical (unpaired) electrons. The molecule has 0 atom stereocenters. The summed E-state index contributed by atoms with van der Waals surface area (Å²) in [5, 5.41) is 3.91. The van der Waals surface area contributed by atoms with Gasteiger partial charge in [0.05, 0.1) is 5.39 Å². The Bertz CT molecular complexity index is 1380. The molecule has 1 N–H and O–H groups in total. The summed E-state index contributed by atoms with van der Waals surface area (Å²) in [6.45, 7) is 3.41. The summed E-state index contributed by atoms with van der Waals surface area (Å²) in [4.78, 5) is 25.7. The third-order valence-electron chi connectivity index (χ3n) is 4.90. The van der Waals surface area contributed by atoms with Crippen LogP contribution in [0, 0.1) is 13.8 Å². The number of rotatable bonds is 5. The minimum absolute atomic E-state index is 0.0532. The lowest BCUT2D eigenvalue weighted by atomic mass is 10.1. The van der Waals surface area contributed by atoms with Crippen LogP contribution in [0.15, 0.2) is 69.9 Å². The predicted molar refractivity (Wildman–Crippen MR) is 128 cm³/mol. The van der Waals surface area contributed by atoms with E-state index in [1.54, 1.807) is 36.4 Å². The van der Waals surface area contributed by atoms with Crippen LogP contribution >= 0.6 is 23.2 Å². The zero-order valence-corrected chi connectivity index (χ0v) is 18.9. The molecule has 5 nitrogen and oxygen atoms in total. The van der Waals surface area contributed by atoms with Gasteiger partial charge in [-0.25, -0.2) is 0 Å². The first-order valence-corrected chi connectivity index (χ1v) is 10.6. The van der Waals surface area contributed by atoms with Crippen LogP contribution in [0.2, 0.25) is 10.0 Å². The number of hydrogen-bond donors (Lipinski definition) is 1. The van der Waals surface area contributed by atoms with Gasteiger partial charge in [0.15, 0.2) is 12.4 Å². The van der Waals surface area contributed by atoms with Crippen molar-refractivity contribution >= 4 is 45.8 Å². The number of fused-ring (bicyclic) bond motifs is 1. The minimum atomic E-state index is -0.441. The molecule has 1 heterocycles. The van der Waals surface area contributed by atoms with Gasteiger partial charge >= 0.3 is 0 Å². The molecule has 32 heavy (non-hydrogen) atoms. The van der Waals surface area contributed by atoms with Crippen LogP contribution in [-0.2, 0) is 4.79 Å². The van der Waals surface area contributed by atoms with Crippen molar-refractivity contribution in [3.8, 4) is 17.1 Å². The van der Waals surface area contributed by atoms with Gasteiger partial charge in [0.25, 0.3) is 5.91 Å². The number of halogens is 2. The van der Waals surface area contributed by atoms with Gasteiger partial charge in [-0.1, -0.05) is 59.1 Å². The molecule has 0 bridgehead atoms. The predicted octanol–water partition coefficient (Wildman–Crippen LogP) is 6.40. The lowest BCUT2D eigenvalue weighted by Gasteiger charge is -2.13. The molecular formula is C25H19Cl2NO4. The second-order valence-corrected chi connectivity index (χ2v) is 8.24. The summed E-state index contributed by atoms with van der Waals surface area (Å²) in [5.74, 6) is -0.245. The van der Waals surface area contributed by atoms with Gasteiger partial charge in [-0.15, -0.1) is 0 Å². The molecule has 3 aromatic carbocycles. The van der Waals surface area contributed by atoms with Gasteiger partial charge in [-0.3, -0.25) is 9.59 Å². The number of anilines is 1. The number of aryl methyl sites for hydroxylation is 2. The molecular weight excluding hydrogens is 449 g/mol. The summed E-state index contributed by atoms with van der Waals surface area (Å²) in [5.41, 5.74) is 3.02. The zero-order chi connectivity index (χ0) is 22.8. The quantitative estimate of drug-likeness (QED) is 0.368. The molecule has 4 rings (SSSR count). The van der Waals surface area contributed by atoms with E-state index >= 15 is 0 Å². The maximum atomic E-state index is 13.3. The number of carbonyl (C=O) groups excluding carboxylic acids is 1. The van der Waals surface area contributed by atoms with Crippen molar-refractivity contribution in [2.45, 2.75) is 13.8 Å². The van der Waals surface area contributed by atoms with Crippen LogP contribution in [-0.4, -0.2) is 12.5 Å². The first kappa shape index (κ1) is 21.9. The van der Waals surface area contributed by atoms with E-state index in [1.165, 1.54) is 0 Å². The first-order chi connectivity index (χ1) is 15.3. The van der Waals surface area contributed by atoms with Crippen LogP contribution in [0.1, 0.15) is 11.1 Å². The van der Waals surface area contributed by atoms with Crippen LogP contribution in [0.25, 0.3) is 22.3 Å². The molecule has 0 aliphatic heterocycles. The maximum Gasteiger partial charge on any atom is 0.262 e. The molecule has 0 fully saturated rings. The van der Waals surface area contributed by atoms with Crippen LogP contribution in [0.5, 0.6) is 5.75 Å². The largest absolute Gasteiger partial charge is 0.476 e. The highest BCUT2D eigenvalue weighted by Crippen LogP contribution is 2.33. The number of ether oxygens (including phenoxy) is 1. The second kappa shape index (κ2) is 9.07. The molecule has 4 aromatic rings. The fraction of sp³-hybridized carbons (Fsp3) is 0.120. The number of amides is 1. The van der Waals surface area contributed by atoms with Crippen molar-refractivity contribution in [1.29, 1.82) is 0 Å². The minimum Gasteiger partial charge on any atom is -0.476 e. The van der Waals surface area contributed by atoms with Crippen molar-refractivity contribution < 1.29 is 13.9 Å². The number of benzene rings is 3. The smallest absolute Gasteiger partial charge is 0.262 e. The number of carbonyl (C=O) groups is 1. The highest BCUT2D eigenvalue weighted by atomic mass is 35.5. The molecule has 0 spiro atoms. The molecule has 0 aliphatic rings. The van der Waals surface area contributed by atoms with E-state index in [0.29, 0.717) is 26.9 Å². The third kappa shape index (κ3) is 4.64. The standard InChI is InChI=1S/C25H19Cl2NO4/c1-14-6-8-16(9-7-14)24-25(23(30)19-12-20(27)15(2)10-21(19)32-24)31-13-22(29)28-18-5-3-4-17(26)11-18/h3-12H,13H2,1-2H3,(H,28,29). The van der Waals surface area contributed by atoms with E-state index in [1.807, 2.05) is 38.1 Å². The molecule has 162 valence electrons. The average Bonchev–Trinajstić information content (AvgIpc) is 2.75. The summed E-state index contributed by atoms with van der Waals surface area (Å²) >= 11 is 12.2. The Morgan fingerprint density at radius 3 is 2.50 bits per heavy atom. The second-order valence-electron chi connectivity index (χ2n) is 7.40. The molecule has 0 aliphatic carbocycles. The molecule has 0 saturated heterocycles. The SMILES string of the molecule is Cc1ccc(-c2oc3cc(C)c(Cl)cc3c(=O)c2OCC(=O)Nc2cccc(Cl)c2)cc1. The van der Waals surface area contributed by atoms with Crippen molar-refractivity contribution in [2.75, 3.05) is 11.9 Å². The summed E-state index contributed by atoms with van der Waals surface area (Å²) < 4.78 is 11.8. The Balaban J connectivity index is 1.72. The van der Waals surface area contributed by atoms with Gasteiger partial charge in [0.2, 0.25) is 11.2 Å². The Kier molecular flexibility index (Phi) is 6.21. The van der Waals surface area contributed by atoms with E-state index in [9.17, 15) is 9.59 Å². The van der Waals surface area contributed by atoms with E-state index in [4.69, 9.17) is 32.4 Å². The van der Waals surface area contributed by atoms with Gasteiger partial charge in [-0.2, -0.15) is 0 Å². The van der Waals surface area contributed by atoms with E-state index in [-0.39, 0.29) is 23.5 Å². The molecule has 0 unspecified atom stereocenters. The van der Waals surface area contributed by atoms with Crippen molar-refractivity contribution in [2.24, 2.45) is 0 Å². The van der Waals surface area contributed by atoms with E-state index in [2.05, 4.69) is 5.32 Å². The Labute approximate surface area is 194 Å². The third-order valence-corrected chi connectivity index (χ3v) is 5.54. The Hall–Kier alpha value is -3.28. The lowest BCUT2D eigenvalue weighted by molar-refractivity contribution is -0.118. The molecule has 7 heteroatoms. The fourth-order valence-electron chi connectivity index (χ4n) is 3.23. The lowest BCUT2D eigenvalue weighted by Crippen LogP contribution is -2.22. The van der Waals surface area contributed by atoms with Gasteiger partial charge < -0.3 is 14.5 Å². The number of nitrogens with one attached hydrogen (secondary N) is 1. The first-order valence-electron chi connectivity index (χ1n) is 9.84. The van der Waals surface area contributed by atoms with Crippen molar-refractivity contribution in [3.63, 3.8) is 0 Å². The van der Waals surface area contributed by atoms with Gasteiger partial charge in [-0.05, 0) is 49.7 Å². The monoisotopic (exact) mass is 467 g/mol. The fourth-order valence-corrected chi connectivity index (χ4v) is 3.58. The van der Waals surface area contributed by atoms with Crippen molar-refractivity contribution in [3.05, 3.63) is 92.1 Å². The highest BCUT2D eigenvalue weighted by molar-refractivity contribution is 6.32. The summed E-state index contributed by atoms with van der Waals surface area (Å²) in [6.07, 6.45) is 0. The number of hydrogen-bond acceptors (Lipinski definition) is 4. The van der Waals surface area contributed by atoms with E-state index < -0.39 is 11.3 Å². The Morgan fingerprint density at radius 2 is 1.78 bits per heavy atom. The van der Waals surface area contributed by atoms with Crippen LogP contribution < -0.4 is 15.5 Å². The summed E-state index contributed by atoms with van der Waals surface area (Å²) in [7, 11) is 0. The summed E-state index contributed by atoms with van der Waals surface area (Å²) in [6, 6.07) is 17.5. The van der Waals surface area contributed by atoms with Gasteiger partial charge in [0.1, 0.15) is 5.58 Å². The van der Waals surface area contributed by atoms with Gasteiger partial charge in [0, 0.05) is 21.3 Å². The maximum absolute atomic E-state index is 13.3. The van der Waals surface area contributed by atoms with Crippen LogP contribution in [0.3, 0.4) is 0 Å². The molecule has 0 saturated carbocycles. The zero-order valence-electron chi connectivity index (χ0n) is 17.4. The van der Waals surface area contributed by atoms with Crippen molar-refractivity contribution in [1.82, 2.24) is 0 Å². The average molecular weight is 468 g/mol. The van der Waals surface area contributed by atoms with E-state index in [0.717, 1.165) is 11.1 Å². The van der Waals surface area contributed by atoms with Crippen LogP contribution in [0.4, 0.5) is 5.69 Å². The highest BCUT2D eigenvalue weighted by Gasteiger charge is 2.20.